The average Bonchev–Trinajstić information content (AvgIpc) is 2.19. The van der Waals surface area contributed by atoms with Gasteiger partial charge in [0.15, 0.2) is 9.84 Å². The molecule has 0 saturated heterocycles. The number of carboxylic acid groups (broad SMARTS) is 1. The molecule has 0 amide bonds. The van der Waals surface area contributed by atoms with Gasteiger partial charge < -0.3 is 5.11 Å². The molecule has 0 unspecified atom stereocenters. The molecule has 0 bridgehead atoms. The largest absolute Gasteiger partial charge is 0.478 e. The summed E-state index contributed by atoms with van der Waals surface area (Å²) in [5, 5.41) is 8.68. The highest BCUT2D eigenvalue weighted by Crippen LogP contribution is 2.22. The Labute approximate surface area is 109 Å². The summed E-state index contributed by atoms with van der Waals surface area (Å²) in [6.45, 7) is 4.55. The first-order valence-electron chi connectivity index (χ1n) is 4.74. The summed E-state index contributed by atoms with van der Waals surface area (Å²) in [5.41, 5.74) is -0.748. The SMILES string of the molecule is C=C(Cl)CS(=O)(=O)c1cc(C)c(F)c(C(=O)O)c1. The maximum Gasteiger partial charge on any atom is 0.338 e. The van der Waals surface area contributed by atoms with Crippen LogP contribution in [0.1, 0.15) is 15.9 Å². The van der Waals surface area contributed by atoms with Crippen LogP contribution < -0.4 is 0 Å². The van der Waals surface area contributed by atoms with E-state index in [1.807, 2.05) is 0 Å². The third kappa shape index (κ3) is 3.08. The molecule has 1 aromatic carbocycles. The minimum absolute atomic E-state index is 0.0614. The maximum atomic E-state index is 13.5. The van der Waals surface area contributed by atoms with Crippen molar-refractivity contribution in [1.82, 2.24) is 0 Å². The van der Waals surface area contributed by atoms with Crippen LogP contribution >= 0.6 is 11.6 Å². The molecule has 1 N–H and O–H groups in total. The summed E-state index contributed by atoms with van der Waals surface area (Å²) in [4.78, 5) is 10.5. The number of hydrogen-bond donors (Lipinski definition) is 1. The van der Waals surface area contributed by atoms with Gasteiger partial charge in [0.05, 0.1) is 16.2 Å². The van der Waals surface area contributed by atoms with Gasteiger partial charge in [-0.1, -0.05) is 18.2 Å². The van der Waals surface area contributed by atoms with Crippen molar-refractivity contribution in [3.8, 4) is 0 Å². The van der Waals surface area contributed by atoms with Crippen molar-refractivity contribution in [2.45, 2.75) is 11.8 Å². The van der Waals surface area contributed by atoms with Crippen LogP contribution in [0.5, 0.6) is 0 Å². The van der Waals surface area contributed by atoms with Crippen molar-refractivity contribution in [1.29, 1.82) is 0 Å². The van der Waals surface area contributed by atoms with Crippen LogP contribution in [0.25, 0.3) is 0 Å². The quantitative estimate of drug-likeness (QED) is 0.865. The number of benzene rings is 1. The zero-order chi connectivity index (χ0) is 14.1. The van der Waals surface area contributed by atoms with E-state index in [4.69, 9.17) is 16.7 Å². The molecule has 0 spiro atoms. The van der Waals surface area contributed by atoms with E-state index in [-0.39, 0.29) is 15.5 Å². The molecule has 0 aliphatic heterocycles. The van der Waals surface area contributed by atoms with Crippen LogP contribution in [0.3, 0.4) is 0 Å². The van der Waals surface area contributed by atoms with Crippen molar-refractivity contribution in [3.05, 3.63) is 40.7 Å². The lowest BCUT2D eigenvalue weighted by Gasteiger charge is -2.07. The van der Waals surface area contributed by atoms with Crippen molar-refractivity contribution in [2.75, 3.05) is 5.75 Å². The third-order valence-corrected chi connectivity index (χ3v) is 4.14. The van der Waals surface area contributed by atoms with Gasteiger partial charge in [-0.25, -0.2) is 17.6 Å². The van der Waals surface area contributed by atoms with E-state index in [9.17, 15) is 17.6 Å². The molecule has 4 nitrogen and oxygen atoms in total. The second-order valence-electron chi connectivity index (χ2n) is 3.68. The lowest BCUT2D eigenvalue weighted by atomic mass is 10.1. The molecule has 0 aromatic heterocycles. The molecule has 0 heterocycles. The molecule has 0 radical (unpaired) electrons. The highest BCUT2D eigenvalue weighted by atomic mass is 35.5. The van der Waals surface area contributed by atoms with Gasteiger partial charge in [-0.05, 0) is 24.6 Å². The van der Waals surface area contributed by atoms with Crippen molar-refractivity contribution >= 4 is 27.4 Å². The van der Waals surface area contributed by atoms with E-state index in [0.29, 0.717) is 0 Å². The highest BCUT2D eigenvalue weighted by Gasteiger charge is 2.21. The first kappa shape index (κ1) is 14.7. The third-order valence-electron chi connectivity index (χ3n) is 2.16. The fourth-order valence-corrected chi connectivity index (χ4v) is 3.02. The van der Waals surface area contributed by atoms with E-state index in [1.165, 1.54) is 6.92 Å². The van der Waals surface area contributed by atoms with Gasteiger partial charge in [-0.2, -0.15) is 0 Å². The molecule has 0 fully saturated rings. The Kier molecular flexibility index (Phi) is 4.13. The number of aryl methyl sites for hydroxylation is 1. The predicted molar refractivity (Wildman–Crippen MR) is 65.1 cm³/mol. The summed E-state index contributed by atoms with van der Waals surface area (Å²) in [6.07, 6.45) is 0. The second kappa shape index (κ2) is 5.07. The first-order chi connectivity index (χ1) is 8.15. The summed E-state index contributed by atoms with van der Waals surface area (Å²) >= 11 is 5.42. The number of carbonyl (C=O) groups is 1. The van der Waals surface area contributed by atoms with Gasteiger partial charge in [0.25, 0.3) is 0 Å². The normalized spacial score (nSPS) is 11.3. The number of rotatable bonds is 4. The fourth-order valence-electron chi connectivity index (χ4n) is 1.36. The molecular formula is C11H10ClFO4S. The molecule has 1 aromatic rings. The van der Waals surface area contributed by atoms with Crippen LogP contribution in [0.2, 0.25) is 0 Å². The average molecular weight is 293 g/mol. The minimum atomic E-state index is -3.82. The van der Waals surface area contributed by atoms with Crippen molar-refractivity contribution < 1.29 is 22.7 Å². The summed E-state index contributed by atoms with van der Waals surface area (Å²) in [6, 6.07) is 1.84. The van der Waals surface area contributed by atoms with Crippen LogP contribution in [0.15, 0.2) is 28.6 Å². The molecule has 0 aliphatic rings. The van der Waals surface area contributed by atoms with Crippen molar-refractivity contribution in [3.63, 3.8) is 0 Å². The van der Waals surface area contributed by atoms with E-state index in [2.05, 4.69) is 6.58 Å². The van der Waals surface area contributed by atoms with Crippen LogP contribution in [-0.4, -0.2) is 25.2 Å². The Morgan fingerprint density at radius 1 is 1.50 bits per heavy atom. The fraction of sp³-hybridized carbons (Fsp3) is 0.182. The standard InChI is InChI=1S/C11H10ClFO4S/c1-6-3-8(18(16,17)5-7(2)12)4-9(10(6)13)11(14)15/h3-4H,2,5H2,1H3,(H,14,15). The zero-order valence-electron chi connectivity index (χ0n) is 9.41. The Bertz CT molecular complexity index is 622. The van der Waals surface area contributed by atoms with E-state index >= 15 is 0 Å². The number of sulfone groups is 1. The smallest absolute Gasteiger partial charge is 0.338 e. The minimum Gasteiger partial charge on any atom is -0.478 e. The Morgan fingerprint density at radius 2 is 2.06 bits per heavy atom. The van der Waals surface area contributed by atoms with E-state index in [0.717, 1.165) is 12.1 Å². The van der Waals surface area contributed by atoms with Gasteiger partial charge in [-0.15, -0.1) is 0 Å². The molecule has 0 saturated carbocycles. The lowest BCUT2D eigenvalue weighted by Crippen LogP contribution is -2.10. The Balaban J connectivity index is 3.45. The topological polar surface area (TPSA) is 71.4 Å². The first-order valence-corrected chi connectivity index (χ1v) is 6.77. The van der Waals surface area contributed by atoms with E-state index in [1.54, 1.807) is 0 Å². The number of carboxylic acids is 1. The molecule has 18 heavy (non-hydrogen) atoms. The van der Waals surface area contributed by atoms with Gasteiger partial charge in [0, 0.05) is 5.03 Å². The Hall–Kier alpha value is -1.40. The number of halogens is 2. The van der Waals surface area contributed by atoms with Gasteiger partial charge in [0.1, 0.15) is 5.82 Å². The summed E-state index contributed by atoms with van der Waals surface area (Å²) in [5.74, 6) is -3.01. The summed E-state index contributed by atoms with van der Waals surface area (Å²) in [7, 11) is -3.82. The van der Waals surface area contributed by atoms with Crippen LogP contribution in [-0.2, 0) is 9.84 Å². The Morgan fingerprint density at radius 3 is 2.50 bits per heavy atom. The van der Waals surface area contributed by atoms with Gasteiger partial charge in [0.2, 0.25) is 0 Å². The van der Waals surface area contributed by atoms with E-state index < -0.39 is 32.9 Å². The molecule has 7 heteroatoms. The molecular weight excluding hydrogens is 283 g/mol. The molecule has 0 aliphatic carbocycles. The maximum absolute atomic E-state index is 13.5. The van der Waals surface area contributed by atoms with Crippen LogP contribution in [0.4, 0.5) is 4.39 Å². The summed E-state index contributed by atoms with van der Waals surface area (Å²) < 4.78 is 37.1. The van der Waals surface area contributed by atoms with Gasteiger partial charge >= 0.3 is 5.97 Å². The lowest BCUT2D eigenvalue weighted by molar-refractivity contribution is 0.0691. The van der Waals surface area contributed by atoms with Gasteiger partial charge in [-0.3, -0.25) is 0 Å². The number of hydrogen-bond acceptors (Lipinski definition) is 3. The zero-order valence-corrected chi connectivity index (χ0v) is 11.0. The monoisotopic (exact) mass is 292 g/mol. The predicted octanol–water partition coefficient (Wildman–Crippen LogP) is 2.36. The highest BCUT2D eigenvalue weighted by molar-refractivity contribution is 7.91. The second-order valence-corrected chi connectivity index (χ2v) is 6.21. The number of aromatic carboxylic acids is 1. The molecule has 98 valence electrons. The van der Waals surface area contributed by atoms with Crippen molar-refractivity contribution in [2.24, 2.45) is 0 Å². The molecule has 0 atom stereocenters. The molecule has 1 rings (SSSR count). The van der Waals surface area contributed by atoms with Crippen LogP contribution in [0, 0.1) is 12.7 Å².